The van der Waals surface area contributed by atoms with Gasteiger partial charge in [-0.3, -0.25) is 9.59 Å². The van der Waals surface area contributed by atoms with E-state index in [4.69, 9.17) is 4.74 Å². The van der Waals surface area contributed by atoms with Crippen LogP contribution in [0.1, 0.15) is 297 Å². The Balaban J connectivity index is 4.55. The molecule has 0 rings (SSSR count). The second kappa shape index (κ2) is 50.3. The van der Waals surface area contributed by atoms with Gasteiger partial charge in [0.05, 0.1) is 25.2 Å². The summed E-state index contributed by atoms with van der Waals surface area (Å²) in [4.78, 5) is 26.2. The van der Waals surface area contributed by atoms with Gasteiger partial charge in [0.15, 0.2) is 0 Å². The van der Waals surface area contributed by atoms with Gasteiger partial charge < -0.3 is 20.3 Å². The fraction of sp³-hybridized carbons (Fsp3) is 0.893. The molecule has 3 unspecified atom stereocenters. The lowest BCUT2D eigenvalue weighted by Crippen LogP contribution is -2.46. The van der Waals surface area contributed by atoms with Crippen LogP contribution in [-0.4, -0.2) is 46.9 Å². The molecular formula is C56H107NO5. The number of aliphatic hydroxyl groups excluding tert-OH is 2. The highest BCUT2D eigenvalue weighted by Gasteiger charge is 2.24. The molecule has 0 heterocycles. The average Bonchev–Trinajstić information content (AvgIpc) is 3.26. The number of aliphatic hydroxyl groups is 2. The minimum absolute atomic E-state index is 0.0696. The molecule has 0 aromatic heterocycles. The Hall–Kier alpha value is -1.66. The predicted octanol–water partition coefficient (Wildman–Crippen LogP) is 16.7. The van der Waals surface area contributed by atoms with E-state index in [9.17, 15) is 19.8 Å². The van der Waals surface area contributed by atoms with Crippen LogP contribution in [0, 0.1) is 0 Å². The molecule has 366 valence electrons. The summed E-state index contributed by atoms with van der Waals surface area (Å²) in [5.41, 5.74) is 0. The van der Waals surface area contributed by atoms with Gasteiger partial charge in [0.2, 0.25) is 5.91 Å². The first-order valence-corrected chi connectivity index (χ1v) is 27.6. The van der Waals surface area contributed by atoms with Crippen molar-refractivity contribution in [3.05, 3.63) is 24.3 Å². The standard InChI is InChI=1S/C56H107NO5/c1-4-7-10-13-16-19-22-25-27-28-29-31-34-37-40-43-46-49-56(61)62-52(47-44-41-38-35-32-30-26-23-20-17-14-11-8-5-2)50-55(60)57-53(51-58)54(59)48-45-42-39-36-33-24-21-18-15-12-9-6-3/h25,27,30,32,52-54,58-59H,4-24,26,28-29,31,33-51H2,1-3H3,(H,57,60)/b27-25+,32-30+. The number of esters is 1. The highest BCUT2D eigenvalue weighted by atomic mass is 16.5. The number of amides is 1. The molecule has 0 aromatic carbocycles. The second-order valence-corrected chi connectivity index (χ2v) is 19.0. The van der Waals surface area contributed by atoms with Crippen molar-refractivity contribution in [1.82, 2.24) is 5.32 Å². The lowest BCUT2D eigenvalue weighted by atomic mass is 10.0. The number of allylic oxidation sites excluding steroid dienone is 4. The predicted molar refractivity (Wildman–Crippen MR) is 269 cm³/mol. The number of carbonyl (C=O) groups is 2. The van der Waals surface area contributed by atoms with Crippen LogP contribution in [0.15, 0.2) is 24.3 Å². The first-order valence-electron chi connectivity index (χ1n) is 27.6. The summed E-state index contributed by atoms with van der Waals surface area (Å²) in [5, 5.41) is 23.8. The van der Waals surface area contributed by atoms with Crippen LogP contribution in [-0.2, 0) is 14.3 Å². The zero-order valence-electron chi connectivity index (χ0n) is 41.8. The molecule has 6 heteroatoms. The molecule has 0 fully saturated rings. The van der Waals surface area contributed by atoms with Crippen molar-refractivity contribution in [1.29, 1.82) is 0 Å². The normalized spacial score (nSPS) is 13.3. The number of hydrogen-bond acceptors (Lipinski definition) is 5. The van der Waals surface area contributed by atoms with Crippen LogP contribution in [0.4, 0.5) is 0 Å². The SMILES string of the molecule is CCCCCCCC/C=C/CCCCCCCCCC(=O)OC(CCCCC/C=C/CCCCCCCCC)CC(=O)NC(CO)C(O)CCCCCCCCCCCCCC. The van der Waals surface area contributed by atoms with Crippen molar-refractivity contribution in [3.8, 4) is 0 Å². The summed E-state index contributed by atoms with van der Waals surface area (Å²) < 4.78 is 5.94. The van der Waals surface area contributed by atoms with Crippen molar-refractivity contribution in [2.24, 2.45) is 0 Å². The zero-order valence-corrected chi connectivity index (χ0v) is 41.8. The summed E-state index contributed by atoms with van der Waals surface area (Å²) in [6.45, 7) is 6.49. The topological polar surface area (TPSA) is 95.9 Å². The molecular weight excluding hydrogens is 767 g/mol. The van der Waals surface area contributed by atoms with E-state index < -0.39 is 18.2 Å². The molecule has 0 saturated carbocycles. The van der Waals surface area contributed by atoms with E-state index in [-0.39, 0.29) is 24.9 Å². The van der Waals surface area contributed by atoms with Gasteiger partial charge in [0.1, 0.15) is 6.10 Å². The minimum atomic E-state index is -0.788. The van der Waals surface area contributed by atoms with Crippen molar-refractivity contribution in [3.63, 3.8) is 0 Å². The average molecular weight is 874 g/mol. The number of carbonyl (C=O) groups excluding carboxylic acids is 2. The number of nitrogens with one attached hydrogen (secondary N) is 1. The summed E-state index contributed by atoms with van der Waals surface area (Å²) >= 11 is 0. The van der Waals surface area contributed by atoms with Gasteiger partial charge in [-0.25, -0.2) is 0 Å². The molecule has 0 aromatic rings. The molecule has 0 aliphatic rings. The van der Waals surface area contributed by atoms with Crippen LogP contribution in [0.5, 0.6) is 0 Å². The van der Waals surface area contributed by atoms with E-state index >= 15 is 0 Å². The lowest BCUT2D eigenvalue weighted by molar-refractivity contribution is -0.151. The van der Waals surface area contributed by atoms with E-state index in [0.29, 0.717) is 19.3 Å². The van der Waals surface area contributed by atoms with Gasteiger partial charge in [0, 0.05) is 6.42 Å². The summed E-state index contributed by atoms with van der Waals surface area (Å²) in [7, 11) is 0. The summed E-state index contributed by atoms with van der Waals surface area (Å²) in [6.07, 6.45) is 58.1. The number of hydrogen-bond donors (Lipinski definition) is 3. The van der Waals surface area contributed by atoms with Crippen LogP contribution in [0.3, 0.4) is 0 Å². The minimum Gasteiger partial charge on any atom is -0.462 e. The van der Waals surface area contributed by atoms with Crippen molar-refractivity contribution in [2.75, 3.05) is 6.61 Å². The molecule has 0 radical (unpaired) electrons. The molecule has 1 amide bonds. The van der Waals surface area contributed by atoms with E-state index in [2.05, 4.69) is 50.4 Å². The lowest BCUT2D eigenvalue weighted by Gasteiger charge is -2.24. The molecule has 0 spiro atoms. The molecule has 0 saturated heterocycles. The first-order chi connectivity index (χ1) is 30.5. The Labute approximate surface area is 386 Å². The fourth-order valence-electron chi connectivity index (χ4n) is 8.54. The van der Waals surface area contributed by atoms with Crippen LogP contribution in [0.2, 0.25) is 0 Å². The Morgan fingerprint density at radius 3 is 1.16 bits per heavy atom. The van der Waals surface area contributed by atoms with E-state index in [1.807, 2.05) is 0 Å². The Kier molecular flexibility index (Phi) is 49.0. The zero-order chi connectivity index (χ0) is 45.2. The third-order valence-corrected chi connectivity index (χ3v) is 12.8. The molecule has 0 bridgehead atoms. The third-order valence-electron chi connectivity index (χ3n) is 12.8. The maximum atomic E-state index is 13.2. The van der Waals surface area contributed by atoms with Crippen LogP contribution >= 0.6 is 0 Å². The van der Waals surface area contributed by atoms with Gasteiger partial charge in [-0.2, -0.15) is 0 Å². The molecule has 3 atom stereocenters. The van der Waals surface area contributed by atoms with Gasteiger partial charge in [-0.15, -0.1) is 0 Å². The number of rotatable bonds is 50. The Bertz CT molecular complexity index is 981. The number of ether oxygens (including phenoxy) is 1. The Morgan fingerprint density at radius 2 is 0.774 bits per heavy atom. The smallest absolute Gasteiger partial charge is 0.306 e. The van der Waals surface area contributed by atoms with Gasteiger partial charge in [-0.05, 0) is 77.0 Å². The first kappa shape index (κ1) is 60.3. The molecule has 0 aliphatic heterocycles. The third kappa shape index (κ3) is 44.9. The van der Waals surface area contributed by atoms with E-state index in [1.54, 1.807) is 0 Å². The molecule has 3 N–H and O–H groups in total. The van der Waals surface area contributed by atoms with Crippen molar-refractivity contribution in [2.45, 2.75) is 315 Å². The summed E-state index contributed by atoms with van der Waals surface area (Å²) in [5.74, 6) is -0.480. The van der Waals surface area contributed by atoms with Crippen molar-refractivity contribution >= 4 is 11.9 Å². The molecule has 62 heavy (non-hydrogen) atoms. The van der Waals surface area contributed by atoms with Gasteiger partial charge in [0.25, 0.3) is 0 Å². The maximum absolute atomic E-state index is 13.2. The molecule has 6 nitrogen and oxygen atoms in total. The van der Waals surface area contributed by atoms with E-state index in [0.717, 1.165) is 57.8 Å². The monoisotopic (exact) mass is 874 g/mol. The molecule has 0 aliphatic carbocycles. The largest absolute Gasteiger partial charge is 0.462 e. The number of unbranched alkanes of at least 4 members (excludes halogenated alkanes) is 34. The van der Waals surface area contributed by atoms with E-state index in [1.165, 1.54) is 193 Å². The highest BCUT2D eigenvalue weighted by molar-refractivity contribution is 5.77. The highest BCUT2D eigenvalue weighted by Crippen LogP contribution is 2.18. The second-order valence-electron chi connectivity index (χ2n) is 19.0. The Morgan fingerprint density at radius 1 is 0.452 bits per heavy atom. The van der Waals surface area contributed by atoms with Crippen LogP contribution < -0.4 is 5.32 Å². The van der Waals surface area contributed by atoms with Crippen molar-refractivity contribution < 1.29 is 24.5 Å². The van der Waals surface area contributed by atoms with Crippen LogP contribution in [0.25, 0.3) is 0 Å². The summed E-state index contributed by atoms with van der Waals surface area (Å²) in [6, 6.07) is -0.703. The maximum Gasteiger partial charge on any atom is 0.306 e. The van der Waals surface area contributed by atoms with Gasteiger partial charge in [-0.1, -0.05) is 231 Å². The fourth-order valence-corrected chi connectivity index (χ4v) is 8.54. The quantitative estimate of drug-likeness (QED) is 0.0321. The van der Waals surface area contributed by atoms with Gasteiger partial charge >= 0.3 is 5.97 Å².